The fourth-order valence-electron chi connectivity index (χ4n) is 3.60. The molecule has 2 amide bonds. The number of β-lactam (4-membered cyclic amide) rings is 1. The van der Waals surface area contributed by atoms with Crippen LogP contribution in [-0.2, 0) is 16.6 Å². The van der Waals surface area contributed by atoms with Gasteiger partial charge in [0.05, 0.1) is 11.3 Å². The first-order chi connectivity index (χ1) is 14.7. The molecule has 2 N–H and O–H groups in total. The summed E-state index contributed by atoms with van der Waals surface area (Å²) in [6.45, 7) is 5.38. The molecule has 0 aromatic carbocycles. The van der Waals surface area contributed by atoms with E-state index in [1.54, 1.807) is 25.6 Å². The van der Waals surface area contributed by atoms with Gasteiger partial charge in [0.25, 0.3) is 11.8 Å². The second kappa shape index (κ2) is 8.28. The molecule has 164 valence electrons. The Bertz CT molecular complexity index is 1120. The van der Waals surface area contributed by atoms with Gasteiger partial charge in [-0.05, 0) is 26.3 Å². The molecule has 1 fully saturated rings. The van der Waals surface area contributed by atoms with E-state index in [9.17, 15) is 19.5 Å². The number of nitrogens with zero attached hydrogens (tertiary/aromatic N) is 5. The summed E-state index contributed by atoms with van der Waals surface area (Å²) in [5.74, 6) is -1.08. The van der Waals surface area contributed by atoms with Crippen molar-refractivity contribution in [3.8, 4) is 0 Å². The zero-order valence-corrected chi connectivity index (χ0v) is 19.7. The third-order valence-corrected chi connectivity index (χ3v) is 8.55. The zero-order chi connectivity index (χ0) is 22.4. The Labute approximate surface area is 190 Å². The highest BCUT2D eigenvalue weighted by Crippen LogP contribution is 2.41. The van der Waals surface area contributed by atoms with Gasteiger partial charge in [-0.2, -0.15) is 5.10 Å². The lowest BCUT2D eigenvalue weighted by Gasteiger charge is -2.49. The van der Waals surface area contributed by atoms with Gasteiger partial charge in [-0.15, -0.1) is 22.0 Å². The molecule has 0 unspecified atom stereocenters. The second-order valence-electron chi connectivity index (χ2n) is 7.16. The lowest BCUT2D eigenvalue weighted by Crippen LogP contribution is -2.70. The van der Waals surface area contributed by atoms with Gasteiger partial charge in [0, 0.05) is 24.2 Å². The molecule has 10 nitrogen and oxygen atoms in total. The molecule has 2 atom stereocenters. The first-order valence-corrected chi connectivity index (χ1v) is 12.2. The Morgan fingerprint density at radius 1 is 1.29 bits per heavy atom. The lowest BCUT2D eigenvalue weighted by molar-refractivity contribution is -0.148. The predicted molar refractivity (Wildman–Crippen MR) is 117 cm³/mol. The van der Waals surface area contributed by atoms with Crippen molar-refractivity contribution in [3.05, 3.63) is 33.2 Å². The summed E-state index contributed by atoms with van der Waals surface area (Å²) in [7, 11) is 1.75. The van der Waals surface area contributed by atoms with E-state index in [1.165, 1.54) is 39.8 Å². The van der Waals surface area contributed by atoms with Crippen molar-refractivity contribution in [1.29, 1.82) is 0 Å². The molecule has 4 rings (SSSR count). The van der Waals surface area contributed by atoms with Crippen LogP contribution in [0.15, 0.2) is 15.6 Å². The van der Waals surface area contributed by atoms with Crippen LogP contribution >= 0.6 is 34.9 Å². The standard InChI is InChI=1S/C18H20N6O4S3/c1-7-11(8(2)23(4)22-7)14(25)19-12-15(26)24-13(17(27)28)10(5-29-16(12)24)6-30-18-21-20-9(3)31-18/h12,16H,5-6H2,1-4H3,(H,19,25)(H,27,28)/t12-,16+/m1/s1. The number of carboxylic acid groups (broad SMARTS) is 1. The molecular weight excluding hydrogens is 460 g/mol. The number of fused-ring (bicyclic) bond motifs is 1. The number of hydrogen-bond acceptors (Lipinski definition) is 9. The van der Waals surface area contributed by atoms with Crippen molar-refractivity contribution in [3.63, 3.8) is 0 Å². The Morgan fingerprint density at radius 3 is 2.61 bits per heavy atom. The maximum absolute atomic E-state index is 12.8. The lowest BCUT2D eigenvalue weighted by atomic mass is 10.0. The van der Waals surface area contributed by atoms with Gasteiger partial charge in [0.15, 0.2) is 4.34 Å². The summed E-state index contributed by atoms with van der Waals surface area (Å²) in [6.07, 6.45) is 0. The van der Waals surface area contributed by atoms with Crippen LogP contribution in [0.5, 0.6) is 0 Å². The number of aromatic nitrogens is 4. The third-order valence-electron chi connectivity index (χ3n) is 5.15. The minimum Gasteiger partial charge on any atom is -0.477 e. The molecule has 4 heterocycles. The van der Waals surface area contributed by atoms with E-state index in [1.807, 2.05) is 6.92 Å². The van der Waals surface area contributed by atoms with E-state index < -0.39 is 23.3 Å². The second-order valence-corrected chi connectivity index (χ2v) is 10.7. The largest absolute Gasteiger partial charge is 0.477 e. The molecule has 0 bridgehead atoms. The van der Waals surface area contributed by atoms with Crippen molar-refractivity contribution < 1.29 is 19.5 Å². The maximum atomic E-state index is 12.8. The van der Waals surface area contributed by atoms with Gasteiger partial charge in [0.1, 0.15) is 22.1 Å². The molecule has 0 radical (unpaired) electrons. The van der Waals surface area contributed by atoms with Crippen molar-refractivity contribution in [2.45, 2.75) is 36.5 Å². The smallest absolute Gasteiger partial charge is 0.352 e. The van der Waals surface area contributed by atoms with E-state index in [4.69, 9.17) is 0 Å². The SMILES string of the molecule is Cc1nnc(SCC2=C(C(=O)O)N3C(=O)[C@@H](NC(=O)c4c(C)nn(C)c4C)[C@@H]3SC2)s1. The zero-order valence-electron chi connectivity index (χ0n) is 17.2. The van der Waals surface area contributed by atoms with Crippen LogP contribution in [0.25, 0.3) is 0 Å². The van der Waals surface area contributed by atoms with Crippen LogP contribution in [0.2, 0.25) is 0 Å². The molecule has 1 saturated heterocycles. The summed E-state index contributed by atoms with van der Waals surface area (Å²) in [6, 6.07) is -0.772. The van der Waals surface area contributed by atoms with Crippen molar-refractivity contribution in [2.75, 3.05) is 11.5 Å². The van der Waals surface area contributed by atoms with Crippen LogP contribution in [0.4, 0.5) is 0 Å². The molecule has 2 aliphatic rings. The average molecular weight is 481 g/mol. The van der Waals surface area contributed by atoms with Crippen LogP contribution in [0, 0.1) is 20.8 Å². The first kappa shape index (κ1) is 21.8. The van der Waals surface area contributed by atoms with Crippen LogP contribution in [0.1, 0.15) is 26.8 Å². The Balaban J connectivity index is 1.50. The van der Waals surface area contributed by atoms with Gasteiger partial charge in [-0.25, -0.2) is 4.79 Å². The van der Waals surface area contributed by atoms with E-state index >= 15 is 0 Å². The van der Waals surface area contributed by atoms with Crippen LogP contribution < -0.4 is 5.32 Å². The van der Waals surface area contributed by atoms with Crippen molar-refractivity contribution >= 4 is 52.6 Å². The molecule has 2 aliphatic heterocycles. The number of carboxylic acids is 1. The highest BCUT2D eigenvalue weighted by molar-refractivity contribution is 8.01. The quantitative estimate of drug-likeness (QED) is 0.464. The average Bonchev–Trinajstić information content (AvgIpc) is 3.25. The number of aryl methyl sites for hydroxylation is 3. The van der Waals surface area contributed by atoms with E-state index in [0.717, 1.165) is 9.35 Å². The summed E-state index contributed by atoms with van der Waals surface area (Å²) in [5.41, 5.74) is 2.38. The summed E-state index contributed by atoms with van der Waals surface area (Å²) >= 11 is 4.29. The molecule has 2 aromatic heterocycles. The summed E-state index contributed by atoms with van der Waals surface area (Å²) in [4.78, 5) is 38.9. The Morgan fingerprint density at radius 2 is 2.03 bits per heavy atom. The number of carbonyl (C=O) groups is 3. The fourth-order valence-corrected chi connectivity index (χ4v) is 6.90. The number of amides is 2. The minimum absolute atomic E-state index is 0.00160. The third kappa shape index (κ3) is 3.85. The number of aliphatic carboxylic acids is 1. The summed E-state index contributed by atoms with van der Waals surface area (Å²) < 4.78 is 2.37. The van der Waals surface area contributed by atoms with E-state index in [0.29, 0.717) is 34.0 Å². The molecule has 13 heteroatoms. The molecular formula is C18H20N6O4S3. The van der Waals surface area contributed by atoms with Gasteiger partial charge >= 0.3 is 5.97 Å². The number of carbonyl (C=O) groups excluding carboxylic acids is 2. The molecule has 0 spiro atoms. The number of rotatable bonds is 6. The molecule has 31 heavy (non-hydrogen) atoms. The van der Waals surface area contributed by atoms with Crippen molar-refractivity contribution in [1.82, 2.24) is 30.2 Å². The monoisotopic (exact) mass is 480 g/mol. The summed E-state index contributed by atoms with van der Waals surface area (Å²) in [5, 5.41) is 25.2. The topological polar surface area (TPSA) is 130 Å². The van der Waals surface area contributed by atoms with Gasteiger partial charge in [-0.3, -0.25) is 19.2 Å². The van der Waals surface area contributed by atoms with E-state index in [-0.39, 0.29) is 11.6 Å². The number of nitrogens with one attached hydrogen (secondary N) is 1. The maximum Gasteiger partial charge on any atom is 0.352 e. The predicted octanol–water partition coefficient (Wildman–Crippen LogP) is 1.34. The molecule has 2 aromatic rings. The van der Waals surface area contributed by atoms with Gasteiger partial charge in [0.2, 0.25) is 0 Å². The van der Waals surface area contributed by atoms with Crippen molar-refractivity contribution in [2.24, 2.45) is 7.05 Å². The molecule has 0 aliphatic carbocycles. The molecule has 0 saturated carbocycles. The van der Waals surface area contributed by atoms with Gasteiger partial charge < -0.3 is 10.4 Å². The Hall–Kier alpha value is -2.38. The first-order valence-electron chi connectivity index (χ1n) is 9.33. The van der Waals surface area contributed by atoms with Crippen LogP contribution in [-0.4, -0.2) is 70.7 Å². The Kier molecular flexibility index (Phi) is 5.83. The van der Waals surface area contributed by atoms with Gasteiger partial charge in [-0.1, -0.05) is 23.1 Å². The number of thioether (sulfide) groups is 2. The normalized spacial score (nSPS) is 20.5. The minimum atomic E-state index is -1.15. The van der Waals surface area contributed by atoms with Crippen LogP contribution in [0.3, 0.4) is 0 Å². The highest BCUT2D eigenvalue weighted by atomic mass is 32.2. The highest BCUT2D eigenvalue weighted by Gasteiger charge is 2.54. The number of hydrogen-bond donors (Lipinski definition) is 2. The van der Waals surface area contributed by atoms with E-state index in [2.05, 4.69) is 20.6 Å². The fraction of sp³-hybridized carbons (Fsp3) is 0.444.